The maximum absolute atomic E-state index is 13.4. The van der Waals surface area contributed by atoms with Crippen LogP contribution in [0, 0.1) is 0 Å². The van der Waals surface area contributed by atoms with Crippen molar-refractivity contribution in [2.45, 2.75) is 29.8 Å². The third-order valence-electron chi connectivity index (χ3n) is 7.08. The van der Waals surface area contributed by atoms with Crippen molar-refractivity contribution in [1.82, 2.24) is 10.3 Å². The Labute approximate surface area is 283 Å². The number of rotatable bonds is 11. The van der Waals surface area contributed by atoms with Crippen molar-refractivity contribution in [3.8, 4) is 11.3 Å². The number of anilines is 1. The van der Waals surface area contributed by atoms with Gasteiger partial charge in [-0.1, -0.05) is 48.0 Å². The van der Waals surface area contributed by atoms with Gasteiger partial charge in [0.2, 0.25) is 0 Å². The molecule has 0 spiro atoms. The number of hydrogen-bond donors (Lipinski definition) is 3. The maximum atomic E-state index is 13.4. The summed E-state index contributed by atoms with van der Waals surface area (Å²) in [6.07, 6.45) is -3.14. The lowest BCUT2D eigenvalue weighted by Gasteiger charge is -2.13. The number of aliphatic carboxylic acids is 1. The van der Waals surface area contributed by atoms with Crippen LogP contribution in [0.1, 0.15) is 43.0 Å². The van der Waals surface area contributed by atoms with Gasteiger partial charge in [0.15, 0.2) is 0 Å². The Kier molecular flexibility index (Phi) is 10.8. The second-order valence-corrected chi connectivity index (χ2v) is 12.1. The standard InChI is InChI=1S/C36H27ClF3N3O4S/c37-28-10-11-31(43-35(47)25-7-1-6-24(14-25)21-48-29-9-3-4-22(16-29)17-33(44)45)30(19-28)32-18-26(12-13-41-32)34(46)42-20-23-5-2-8-27(15-23)36(38,39)40/h1-16,18-19H,17,20-21H2,(H,42,46)(H,43,47)(H,44,45). The molecular weight excluding hydrogens is 663 g/mol. The molecule has 2 amide bonds. The van der Waals surface area contributed by atoms with E-state index in [-0.39, 0.29) is 24.4 Å². The Morgan fingerprint density at radius 2 is 1.52 bits per heavy atom. The molecule has 5 rings (SSSR count). The summed E-state index contributed by atoms with van der Waals surface area (Å²) >= 11 is 7.82. The van der Waals surface area contributed by atoms with Gasteiger partial charge in [-0.2, -0.15) is 13.2 Å². The van der Waals surface area contributed by atoms with Gasteiger partial charge in [0.05, 0.1) is 23.4 Å². The van der Waals surface area contributed by atoms with Crippen molar-refractivity contribution in [1.29, 1.82) is 0 Å². The fourth-order valence-corrected chi connectivity index (χ4v) is 5.88. The molecule has 1 aromatic heterocycles. The Morgan fingerprint density at radius 3 is 2.31 bits per heavy atom. The van der Waals surface area contributed by atoms with E-state index < -0.39 is 23.6 Å². The lowest BCUT2D eigenvalue weighted by Crippen LogP contribution is -2.23. The van der Waals surface area contributed by atoms with Gasteiger partial charge in [-0.25, -0.2) is 0 Å². The first-order valence-electron chi connectivity index (χ1n) is 14.5. The summed E-state index contributed by atoms with van der Waals surface area (Å²) in [5, 5.41) is 15.0. The molecule has 0 aliphatic heterocycles. The zero-order valence-electron chi connectivity index (χ0n) is 25.1. The number of thioether (sulfide) groups is 1. The molecule has 1 heterocycles. The Morgan fingerprint density at radius 1 is 0.792 bits per heavy atom. The van der Waals surface area contributed by atoms with Crippen molar-refractivity contribution in [2.24, 2.45) is 0 Å². The Balaban J connectivity index is 1.28. The van der Waals surface area contributed by atoms with E-state index in [0.717, 1.165) is 22.6 Å². The number of carbonyl (C=O) groups is 3. The van der Waals surface area contributed by atoms with Gasteiger partial charge in [-0.05, 0) is 83.4 Å². The summed E-state index contributed by atoms with van der Waals surface area (Å²) in [6.45, 7) is -0.117. The molecule has 48 heavy (non-hydrogen) atoms. The maximum Gasteiger partial charge on any atom is 0.416 e. The first kappa shape index (κ1) is 34.2. The first-order chi connectivity index (χ1) is 22.9. The molecule has 0 aliphatic carbocycles. The predicted molar refractivity (Wildman–Crippen MR) is 179 cm³/mol. The predicted octanol–water partition coefficient (Wildman–Crippen LogP) is 8.52. The van der Waals surface area contributed by atoms with E-state index in [9.17, 15) is 27.6 Å². The minimum absolute atomic E-state index is 0.0624. The van der Waals surface area contributed by atoms with Crippen LogP contribution in [0.15, 0.2) is 114 Å². The number of carbonyl (C=O) groups excluding carboxylic acids is 2. The fourth-order valence-electron chi connectivity index (χ4n) is 4.78. The number of nitrogens with zero attached hydrogens (tertiary/aromatic N) is 1. The number of benzene rings is 4. The van der Waals surface area contributed by atoms with E-state index >= 15 is 0 Å². The minimum Gasteiger partial charge on any atom is -0.481 e. The van der Waals surface area contributed by atoms with Crippen LogP contribution >= 0.6 is 23.4 Å². The van der Waals surface area contributed by atoms with Crippen molar-refractivity contribution >= 4 is 46.8 Å². The number of pyridine rings is 1. The van der Waals surface area contributed by atoms with Gasteiger partial charge in [0.25, 0.3) is 11.8 Å². The number of aromatic nitrogens is 1. The van der Waals surface area contributed by atoms with Gasteiger partial charge in [-0.3, -0.25) is 19.4 Å². The number of carboxylic acids is 1. The van der Waals surface area contributed by atoms with Crippen LogP contribution in [-0.4, -0.2) is 27.9 Å². The van der Waals surface area contributed by atoms with Gasteiger partial charge in [-0.15, -0.1) is 11.8 Å². The molecular formula is C36H27ClF3N3O4S. The number of nitrogens with one attached hydrogen (secondary N) is 2. The molecule has 0 atom stereocenters. The van der Waals surface area contributed by atoms with Gasteiger partial charge < -0.3 is 15.7 Å². The summed E-state index contributed by atoms with van der Waals surface area (Å²) in [5.74, 6) is -1.26. The van der Waals surface area contributed by atoms with Crippen molar-refractivity contribution in [3.63, 3.8) is 0 Å². The van der Waals surface area contributed by atoms with E-state index in [4.69, 9.17) is 16.7 Å². The van der Waals surface area contributed by atoms with E-state index in [1.54, 1.807) is 42.5 Å². The molecule has 0 fully saturated rings. The SMILES string of the molecule is O=C(O)Cc1cccc(SCc2cccc(C(=O)Nc3ccc(Cl)cc3-c3cc(C(=O)NCc4cccc(C(F)(F)F)c4)ccn3)c2)c1. The highest BCUT2D eigenvalue weighted by molar-refractivity contribution is 7.98. The normalized spacial score (nSPS) is 11.2. The quantitative estimate of drug-likeness (QED) is 0.120. The molecule has 0 unspecified atom stereocenters. The molecule has 0 bridgehead atoms. The summed E-state index contributed by atoms with van der Waals surface area (Å²) in [7, 11) is 0. The van der Waals surface area contributed by atoms with Gasteiger partial charge in [0.1, 0.15) is 0 Å². The van der Waals surface area contributed by atoms with Gasteiger partial charge in [0, 0.05) is 45.1 Å². The summed E-state index contributed by atoms with van der Waals surface area (Å²) < 4.78 is 39.2. The highest BCUT2D eigenvalue weighted by Gasteiger charge is 2.30. The monoisotopic (exact) mass is 689 g/mol. The third kappa shape index (κ3) is 9.24. The second kappa shape index (κ2) is 15.2. The molecule has 4 aromatic carbocycles. The summed E-state index contributed by atoms with van der Waals surface area (Å²) in [4.78, 5) is 42.7. The highest BCUT2D eigenvalue weighted by atomic mass is 35.5. The topological polar surface area (TPSA) is 108 Å². The van der Waals surface area contributed by atoms with Crippen LogP contribution in [0.3, 0.4) is 0 Å². The zero-order valence-corrected chi connectivity index (χ0v) is 26.6. The fraction of sp³-hybridized carbons (Fsp3) is 0.111. The smallest absolute Gasteiger partial charge is 0.416 e. The van der Waals surface area contributed by atoms with E-state index in [2.05, 4.69) is 15.6 Å². The average Bonchev–Trinajstić information content (AvgIpc) is 3.07. The molecule has 0 aliphatic rings. The van der Waals surface area contributed by atoms with Crippen molar-refractivity contribution in [2.75, 3.05) is 5.32 Å². The molecule has 3 N–H and O–H groups in total. The molecule has 5 aromatic rings. The second-order valence-electron chi connectivity index (χ2n) is 10.7. The van der Waals surface area contributed by atoms with Gasteiger partial charge >= 0.3 is 12.1 Å². The van der Waals surface area contributed by atoms with Crippen LogP contribution in [-0.2, 0) is 29.7 Å². The number of hydrogen-bond acceptors (Lipinski definition) is 5. The lowest BCUT2D eigenvalue weighted by atomic mass is 10.1. The van der Waals surface area contributed by atoms with E-state index in [0.29, 0.717) is 44.4 Å². The number of carboxylic acid groups (broad SMARTS) is 1. The van der Waals surface area contributed by atoms with E-state index in [1.807, 2.05) is 24.3 Å². The molecule has 244 valence electrons. The highest BCUT2D eigenvalue weighted by Crippen LogP contribution is 2.32. The first-order valence-corrected chi connectivity index (χ1v) is 15.8. The van der Waals surface area contributed by atoms with Crippen molar-refractivity contribution < 1.29 is 32.7 Å². The largest absolute Gasteiger partial charge is 0.481 e. The summed E-state index contributed by atoms with van der Waals surface area (Å²) in [5.41, 5.74) is 2.89. The molecule has 0 saturated heterocycles. The van der Waals surface area contributed by atoms with Crippen LogP contribution in [0.4, 0.5) is 18.9 Å². The molecule has 0 saturated carbocycles. The Bertz CT molecular complexity index is 1990. The van der Waals surface area contributed by atoms with Crippen LogP contribution in [0.5, 0.6) is 0 Å². The average molecular weight is 690 g/mol. The van der Waals surface area contributed by atoms with Crippen LogP contribution in [0.25, 0.3) is 11.3 Å². The van der Waals surface area contributed by atoms with Crippen molar-refractivity contribution in [3.05, 3.63) is 148 Å². The van der Waals surface area contributed by atoms with E-state index in [1.165, 1.54) is 42.2 Å². The zero-order chi connectivity index (χ0) is 34.3. The molecule has 7 nitrogen and oxygen atoms in total. The van der Waals surface area contributed by atoms with Crippen LogP contribution in [0.2, 0.25) is 5.02 Å². The number of halogens is 4. The minimum atomic E-state index is -4.50. The molecule has 0 radical (unpaired) electrons. The number of amides is 2. The lowest BCUT2D eigenvalue weighted by molar-refractivity contribution is -0.138. The molecule has 12 heteroatoms. The summed E-state index contributed by atoms with van der Waals surface area (Å²) in [6, 6.07) is 27.0. The number of alkyl halides is 3. The third-order valence-corrected chi connectivity index (χ3v) is 8.38. The Hall–Kier alpha value is -5.13. The van der Waals surface area contributed by atoms with Crippen LogP contribution < -0.4 is 10.6 Å².